The van der Waals surface area contributed by atoms with Crippen LogP contribution < -0.4 is 10.6 Å². The summed E-state index contributed by atoms with van der Waals surface area (Å²) >= 11 is 0.990. The number of aromatic carboxylic acids is 1. The van der Waals surface area contributed by atoms with Gasteiger partial charge < -0.3 is 20.5 Å². The van der Waals surface area contributed by atoms with Crippen molar-refractivity contribution in [3.05, 3.63) is 75.7 Å². The minimum absolute atomic E-state index is 0.0652. The first-order valence-electron chi connectivity index (χ1n) is 11.2. The molecule has 1 aliphatic carbocycles. The molecule has 4 rings (SSSR count). The molecule has 2 aromatic carbocycles. The largest absolute Gasteiger partial charge is 0.477 e. The van der Waals surface area contributed by atoms with Crippen LogP contribution in [0.4, 0.5) is 4.79 Å². The summed E-state index contributed by atoms with van der Waals surface area (Å²) in [6.45, 7) is 5.73. The van der Waals surface area contributed by atoms with E-state index in [0.29, 0.717) is 5.01 Å². The van der Waals surface area contributed by atoms with E-state index in [-0.39, 0.29) is 23.9 Å². The van der Waals surface area contributed by atoms with E-state index in [9.17, 15) is 14.4 Å². The summed E-state index contributed by atoms with van der Waals surface area (Å²) < 4.78 is 5.60. The Labute approximate surface area is 207 Å². The number of benzene rings is 2. The lowest BCUT2D eigenvalue weighted by Crippen LogP contribution is -2.53. The van der Waals surface area contributed by atoms with Crippen molar-refractivity contribution >= 4 is 29.3 Å². The number of ether oxygens (including phenoxy) is 1. The molecular weight excluding hydrogens is 466 g/mol. The Balaban J connectivity index is 1.39. The van der Waals surface area contributed by atoms with E-state index in [1.165, 1.54) is 6.20 Å². The lowest BCUT2D eigenvalue weighted by molar-refractivity contribution is -0.125. The summed E-state index contributed by atoms with van der Waals surface area (Å²) in [4.78, 5) is 40.8. The van der Waals surface area contributed by atoms with Crippen molar-refractivity contribution in [1.82, 2.24) is 15.6 Å². The van der Waals surface area contributed by atoms with Gasteiger partial charge in [0.15, 0.2) is 0 Å². The van der Waals surface area contributed by atoms with Crippen LogP contribution in [0.1, 0.15) is 52.5 Å². The second-order valence-corrected chi connectivity index (χ2v) is 10.5. The smallest absolute Gasteiger partial charge is 0.407 e. The first kappa shape index (κ1) is 24.4. The number of hydrogen-bond donors (Lipinski definition) is 3. The number of nitrogens with zero attached hydrogens (tertiary/aromatic N) is 1. The number of alkyl carbamates (subject to hydrolysis) is 1. The van der Waals surface area contributed by atoms with Gasteiger partial charge in [0.1, 0.15) is 22.5 Å². The SMILES string of the molecule is CC(C)(C)[C@@H](NC(=O)OCC1c2ccccc2-c2ccccc21)C(=O)NCc1ncc(C(=O)O)s1. The van der Waals surface area contributed by atoms with Crippen LogP contribution >= 0.6 is 11.3 Å². The zero-order chi connectivity index (χ0) is 25.2. The quantitative estimate of drug-likeness (QED) is 0.449. The van der Waals surface area contributed by atoms with Crippen LogP contribution in [0.5, 0.6) is 0 Å². The molecule has 0 bridgehead atoms. The van der Waals surface area contributed by atoms with E-state index >= 15 is 0 Å². The van der Waals surface area contributed by atoms with Crippen LogP contribution in [-0.4, -0.2) is 40.7 Å². The second kappa shape index (κ2) is 9.87. The fourth-order valence-corrected chi connectivity index (χ4v) is 4.89. The maximum atomic E-state index is 12.9. The topological polar surface area (TPSA) is 118 Å². The molecule has 1 atom stereocenters. The van der Waals surface area contributed by atoms with Crippen molar-refractivity contribution in [2.75, 3.05) is 6.61 Å². The Morgan fingerprint density at radius 1 is 1.06 bits per heavy atom. The standard InChI is InChI=1S/C26H27N3O5S/c1-26(2,3)22(23(30)28-13-21-27-12-20(35-21)24(31)32)29-25(33)34-14-19-17-10-6-4-8-15(17)16-9-5-7-11-18(16)19/h4-12,19,22H,13-14H2,1-3H3,(H,28,30)(H,29,33)(H,31,32)/t22-/m0/s1. The van der Waals surface area contributed by atoms with Crippen molar-refractivity contribution in [1.29, 1.82) is 0 Å². The van der Waals surface area contributed by atoms with Gasteiger partial charge in [0.25, 0.3) is 0 Å². The third-order valence-electron chi connectivity index (χ3n) is 5.91. The lowest BCUT2D eigenvalue weighted by Gasteiger charge is -2.30. The van der Waals surface area contributed by atoms with Gasteiger partial charge >= 0.3 is 12.1 Å². The number of rotatable bonds is 7. The highest BCUT2D eigenvalue weighted by molar-refractivity contribution is 7.13. The van der Waals surface area contributed by atoms with Crippen molar-refractivity contribution in [3.8, 4) is 11.1 Å². The predicted molar refractivity (Wildman–Crippen MR) is 132 cm³/mol. The van der Waals surface area contributed by atoms with Crippen LogP contribution in [0.15, 0.2) is 54.7 Å². The molecule has 1 aliphatic rings. The van der Waals surface area contributed by atoms with Gasteiger partial charge in [-0.3, -0.25) is 4.79 Å². The Morgan fingerprint density at radius 3 is 2.20 bits per heavy atom. The number of fused-ring (bicyclic) bond motifs is 3. The molecule has 0 saturated heterocycles. The number of nitrogens with one attached hydrogen (secondary N) is 2. The van der Waals surface area contributed by atoms with Gasteiger partial charge in [-0.25, -0.2) is 14.6 Å². The number of hydrogen-bond acceptors (Lipinski definition) is 6. The molecule has 0 radical (unpaired) electrons. The number of carboxylic acids is 1. The summed E-state index contributed by atoms with van der Waals surface area (Å²) in [6.07, 6.45) is 0.578. The third kappa shape index (κ3) is 5.35. The number of carbonyl (C=O) groups excluding carboxylic acids is 2. The molecule has 1 heterocycles. The highest BCUT2D eigenvalue weighted by Gasteiger charge is 2.34. The number of thiazole rings is 1. The van der Waals surface area contributed by atoms with Gasteiger partial charge in [-0.15, -0.1) is 11.3 Å². The molecule has 9 heteroatoms. The number of carbonyl (C=O) groups is 3. The van der Waals surface area contributed by atoms with Crippen LogP contribution in [0, 0.1) is 5.41 Å². The minimum atomic E-state index is -1.07. The first-order chi connectivity index (χ1) is 16.6. The molecule has 8 nitrogen and oxygen atoms in total. The Morgan fingerprint density at radius 2 is 1.66 bits per heavy atom. The molecule has 0 fully saturated rings. The highest BCUT2D eigenvalue weighted by atomic mass is 32.1. The zero-order valence-electron chi connectivity index (χ0n) is 19.7. The molecule has 0 unspecified atom stereocenters. The minimum Gasteiger partial charge on any atom is -0.477 e. The van der Waals surface area contributed by atoms with Gasteiger partial charge in [0, 0.05) is 5.92 Å². The predicted octanol–water partition coefficient (Wildman–Crippen LogP) is 4.41. The molecule has 0 spiro atoms. The van der Waals surface area contributed by atoms with Gasteiger partial charge in [-0.05, 0) is 27.7 Å². The van der Waals surface area contributed by atoms with E-state index in [2.05, 4.69) is 27.8 Å². The van der Waals surface area contributed by atoms with Gasteiger partial charge in [-0.2, -0.15) is 0 Å². The molecule has 1 aromatic heterocycles. The van der Waals surface area contributed by atoms with E-state index in [0.717, 1.165) is 33.6 Å². The average molecular weight is 494 g/mol. The molecule has 35 heavy (non-hydrogen) atoms. The fraction of sp³-hybridized carbons (Fsp3) is 0.308. The summed E-state index contributed by atoms with van der Waals surface area (Å²) in [5.41, 5.74) is 3.89. The second-order valence-electron chi connectivity index (χ2n) is 9.41. The molecule has 3 aromatic rings. The first-order valence-corrected chi connectivity index (χ1v) is 12.0. The van der Waals surface area contributed by atoms with Crippen LogP contribution in [-0.2, 0) is 16.1 Å². The summed E-state index contributed by atoms with van der Waals surface area (Å²) in [6, 6.07) is 15.3. The van der Waals surface area contributed by atoms with E-state index in [1.807, 2.05) is 57.2 Å². The van der Waals surface area contributed by atoms with E-state index in [4.69, 9.17) is 9.84 Å². The van der Waals surface area contributed by atoms with Crippen molar-refractivity contribution in [3.63, 3.8) is 0 Å². The number of carboxylic acid groups (broad SMARTS) is 1. The molecule has 3 N–H and O–H groups in total. The monoisotopic (exact) mass is 493 g/mol. The molecular formula is C26H27N3O5S. The van der Waals surface area contributed by atoms with Crippen molar-refractivity contribution < 1.29 is 24.2 Å². The summed E-state index contributed by atoms with van der Waals surface area (Å²) in [5.74, 6) is -1.55. The Hall–Kier alpha value is -3.72. The zero-order valence-corrected chi connectivity index (χ0v) is 20.5. The number of amides is 2. The molecule has 182 valence electrons. The van der Waals surface area contributed by atoms with Crippen molar-refractivity contribution in [2.45, 2.75) is 39.3 Å². The van der Waals surface area contributed by atoms with Gasteiger partial charge in [-0.1, -0.05) is 69.3 Å². The molecule has 2 amide bonds. The lowest BCUT2D eigenvalue weighted by atomic mass is 9.86. The number of aromatic nitrogens is 1. The normalized spacial score (nSPS) is 13.5. The summed E-state index contributed by atoms with van der Waals surface area (Å²) in [5, 5.41) is 14.9. The summed E-state index contributed by atoms with van der Waals surface area (Å²) in [7, 11) is 0. The Kier molecular flexibility index (Phi) is 6.88. The third-order valence-corrected chi connectivity index (χ3v) is 6.90. The maximum absolute atomic E-state index is 12.9. The molecule has 0 aliphatic heterocycles. The fourth-order valence-electron chi connectivity index (χ4n) is 4.19. The Bertz CT molecular complexity index is 1220. The van der Waals surface area contributed by atoms with Gasteiger partial charge in [0.05, 0.1) is 12.7 Å². The van der Waals surface area contributed by atoms with Crippen molar-refractivity contribution in [2.24, 2.45) is 5.41 Å². The van der Waals surface area contributed by atoms with E-state index in [1.54, 1.807) is 0 Å². The highest BCUT2D eigenvalue weighted by Crippen LogP contribution is 2.44. The maximum Gasteiger partial charge on any atom is 0.407 e. The average Bonchev–Trinajstić information content (AvgIpc) is 3.42. The van der Waals surface area contributed by atoms with E-state index < -0.39 is 29.4 Å². The van der Waals surface area contributed by atoms with Crippen LogP contribution in [0.25, 0.3) is 11.1 Å². The molecule has 0 saturated carbocycles. The van der Waals surface area contributed by atoms with Crippen LogP contribution in [0.3, 0.4) is 0 Å². The van der Waals surface area contributed by atoms with Gasteiger partial charge in [0.2, 0.25) is 5.91 Å². The van der Waals surface area contributed by atoms with Crippen LogP contribution in [0.2, 0.25) is 0 Å².